The average Bonchev–Trinajstić information content (AvgIpc) is 2.66. The van der Waals surface area contributed by atoms with Gasteiger partial charge < -0.3 is 4.57 Å². The number of hydrogen-bond donors (Lipinski definition) is 0. The number of aromatic nitrogens is 2. The summed E-state index contributed by atoms with van der Waals surface area (Å²) >= 11 is 11.7. The van der Waals surface area contributed by atoms with Crippen molar-refractivity contribution < 1.29 is 0 Å². The topological polar surface area (TPSA) is 17.8 Å². The van der Waals surface area contributed by atoms with Gasteiger partial charge in [0, 0.05) is 23.4 Å². The average molecular weight is 285 g/mol. The summed E-state index contributed by atoms with van der Waals surface area (Å²) in [7, 11) is 0. The first kappa shape index (κ1) is 13.7. The molecule has 0 aliphatic rings. The Balaban J connectivity index is 2.41. The van der Waals surface area contributed by atoms with Crippen molar-refractivity contribution in [2.24, 2.45) is 0 Å². The lowest BCUT2D eigenvalue weighted by Gasteiger charge is -2.12. The van der Waals surface area contributed by atoms with Crippen LogP contribution in [0.25, 0.3) is 11.0 Å². The van der Waals surface area contributed by atoms with Crippen LogP contribution in [0.3, 0.4) is 0 Å². The standard InChI is InChI=1S/C14H18Cl2N2/c1-10(2)18-13-7-6-11(16)9-12(13)17-14(18)5-3-4-8-15/h6-7,9-10H,3-5,8H2,1-2H3. The number of aryl methyl sites for hydroxylation is 1. The molecular formula is C14H18Cl2N2. The highest BCUT2D eigenvalue weighted by molar-refractivity contribution is 6.31. The van der Waals surface area contributed by atoms with Crippen LogP contribution in [-0.4, -0.2) is 15.4 Å². The molecule has 1 aromatic carbocycles. The zero-order valence-electron chi connectivity index (χ0n) is 10.8. The van der Waals surface area contributed by atoms with Crippen LogP contribution in [-0.2, 0) is 6.42 Å². The highest BCUT2D eigenvalue weighted by atomic mass is 35.5. The molecule has 0 N–H and O–H groups in total. The quantitative estimate of drug-likeness (QED) is 0.568. The first-order valence-corrected chi connectivity index (χ1v) is 7.27. The maximum Gasteiger partial charge on any atom is 0.110 e. The fraction of sp³-hybridized carbons (Fsp3) is 0.500. The van der Waals surface area contributed by atoms with Crippen LogP contribution in [0.5, 0.6) is 0 Å². The molecule has 0 bridgehead atoms. The van der Waals surface area contributed by atoms with Crippen LogP contribution in [0.1, 0.15) is 38.6 Å². The summed E-state index contributed by atoms with van der Waals surface area (Å²) in [5.74, 6) is 1.85. The van der Waals surface area contributed by atoms with E-state index in [1.807, 2.05) is 12.1 Å². The van der Waals surface area contributed by atoms with Crippen molar-refractivity contribution in [3.05, 3.63) is 29.0 Å². The van der Waals surface area contributed by atoms with Gasteiger partial charge in [-0.15, -0.1) is 11.6 Å². The maximum absolute atomic E-state index is 6.02. The van der Waals surface area contributed by atoms with Crippen LogP contribution < -0.4 is 0 Å². The fourth-order valence-corrected chi connectivity index (χ4v) is 2.61. The molecule has 0 amide bonds. The Morgan fingerprint density at radius 2 is 2.06 bits per heavy atom. The van der Waals surface area contributed by atoms with Gasteiger partial charge >= 0.3 is 0 Å². The number of unbranched alkanes of at least 4 members (excludes halogenated alkanes) is 1. The van der Waals surface area contributed by atoms with Crippen molar-refractivity contribution in [2.45, 2.75) is 39.2 Å². The first-order chi connectivity index (χ1) is 8.63. The van der Waals surface area contributed by atoms with Gasteiger partial charge in [-0.05, 0) is 44.9 Å². The Kier molecular flexibility index (Phi) is 4.52. The molecule has 2 rings (SSSR count). The Morgan fingerprint density at radius 1 is 1.28 bits per heavy atom. The van der Waals surface area contributed by atoms with Gasteiger partial charge in [-0.25, -0.2) is 4.98 Å². The van der Waals surface area contributed by atoms with E-state index in [9.17, 15) is 0 Å². The number of benzene rings is 1. The van der Waals surface area contributed by atoms with Crippen LogP contribution in [0.4, 0.5) is 0 Å². The molecule has 98 valence electrons. The number of hydrogen-bond acceptors (Lipinski definition) is 1. The van der Waals surface area contributed by atoms with E-state index in [1.165, 1.54) is 0 Å². The lowest BCUT2D eigenvalue weighted by molar-refractivity contribution is 0.574. The second kappa shape index (κ2) is 5.94. The molecule has 0 radical (unpaired) electrons. The summed E-state index contributed by atoms with van der Waals surface area (Å²) in [6.07, 6.45) is 3.08. The van der Waals surface area contributed by atoms with Crippen molar-refractivity contribution in [1.82, 2.24) is 9.55 Å². The van der Waals surface area contributed by atoms with Crippen molar-refractivity contribution in [3.8, 4) is 0 Å². The van der Waals surface area contributed by atoms with E-state index >= 15 is 0 Å². The molecule has 2 aromatic rings. The van der Waals surface area contributed by atoms with E-state index in [0.717, 1.165) is 41.1 Å². The minimum atomic E-state index is 0.405. The fourth-order valence-electron chi connectivity index (χ4n) is 2.25. The van der Waals surface area contributed by atoms with Gasteiger partial charge in [-0.1, -0.05) is 11.6 Å². The SMILES string of the molecule is CC(C)n1c(CCCCCl)nc2cc(Cl)ccc21. The Bertz CT molecular complexity index is 532. The van der Waals surface area contributed by atoms with Crippen molar-refractivity contribution in [1.29, 1.82) is 0 Å². The largest absolute Gasteiger partial charge is 0.325 e. The molecule has 2 nitrogen and oxygen atoms in total. The van der Waals surface area contributed by atoms with Gasteiger partial charge in [0.25, 0.3) is 0 Å². The van der Waals surface area contributed by atoms with Crippen LogP contribution in [0.15, 0.2) is 18.2 Å². The van der Waals surface area contributed by atoms with E-state index in [1.54, 1.807) is 0 Å². The Morgan fingerprint density at radius 3 is 2.72 bits per heavy atom. The third-order valence-corrected chi connectivity index (χ3v) is 3.53. The molecule has 0 spiro atoms. The van der Waals surface area contributed by atoms with Gasteiger partial charge in [0.15, 0.2) is 0 Å². The third-order valence-electron chi connectivity index (χ3n) is 3.02. The van der Waals surface area contributed by atoms with Gasteiger partial charge in [0.2, 0.25) is 0 Å². The molecule has 0 saturated carbocycles. The number of fused-ring (bicyclic) bond motifs is 1. The van der Waals surface area contributed by atoms with E-state index in [4.69, 9.17) is 28.2 Å². The molecule has 0 aliphatic carbocycles. The van der Waals surface area contributed by atoms with Crippen LogP contribution in [0, 0.1) is 0 Å². The van der Waals surface area contributed by atoms with E-state index in [2.05, 4.69) is 24.5 Å². The molecule has 0 atom stereocenters. The smallest absolute Gasteiger partial charge is 0.110 e. The zero-order valence-corrected chi connectivity index (χ0v) is 12.3. The number of nitrogens with zero attached hydrogens (tertiary/aromatic N) is 2. The molecule has 18 heavy (non-hydrogen) atoms. The minimum absolute atomic E-state index is 0.405. The van der Waals surface area contributed by atoms with Gasteiger partial charge in [0.1, 0.15) is 5.82 Å². The van der Waals surface area contributed by atoms with Gasteiger partial charge in [-0.3, -0.25) is 0 Å². The first-order valence-electron chi connectivity index (χ1n) is 6.36. The molecule has 4 heteroatoms. The highest BCUT2D eigenvalue weighted by Crippen LogP contribution is 2.24. The summed E-state index contributed by atoms with van der Waals surface area (Å²) in [5, 5.41) is 0.739. The maximum atomic E-state index is 6.02. The lowest BCUT2D eigenvalue weighted by atomic mass is 10.2. The molecule has 0 aliphatic heterocycles. The highest BCUT2D eigenvalue weighted by Gasteiger charge is 2.12. The third kappa shape index (κ3) is 2.81. The predicted molar refractivity (Wildman–Crippen MR) is 78.8 cm³/mol. The molecule has 1 heterocycles. The zero-order chi connectivity index (χ0) is 13.1. The molecule has 0 unspecified atom stereocenters. The summed E-state index contributed by atoms with van der Waals surface area (Å²) in [6.45, 7) is 4.36. The van der Waals surface area contributed by atoms with Crippen LogP contribution in [0.2, 0.25) is 5.02 Å². The number of halogens is 2. The van der Waals surface area contributed by atoms with E-state index in [-0.39, 0.29) is 0 Å². The second-order valence-electron chi connectivity index (χ2n) is 4.77. The Labute approximate surface area is 118 Å². The van der Waals surface area contributed by atoms with Gasteiger partial charge in [0.05, 0.1) is 11.0 Å². The number of alkyl halides is 1. The Hall–Kier alpha value is -0.730. The second-order valence-corrected chi connectivity index (χ2v) is 5.59. The monoisotopic (exact) mass is 284 g/mol. The summed E-state index contributed by atoms with van der Waals surface area (Å²) in [4.78, 5) is 4.70. The van der Waals surface area contributed by atoms with Crippen molar-refractivity contribution >= 4 is 34.2 Å². The van der Waals surface area contributed by atoms with Gasteiger partial charge in [-0.2, -0.15) is 0 Å². The van der Waals surface area contributed by atoms with E-state index < -0.39 is 0 Å². The lowest BCUT2D eigenvalue weighted by Crippen LogP contribution is -2.06. The van der Waals surface area contributed by atoms with Crippen molar-refractivity contribution in [3.63, 3.8) is 0 Å². The van der Waals surface area contributed by atoms with E-state index in [0.29, 0.717) is 11.9 Å². The normalized spacial score (nSPS) is 11.6. The molecule has 0 saturated heterocycles. The summed E-state index contributed by atoms with van der Waals surface area (Å²) in [6, 6.07) is 6.31. The predicted octanol–water partition coefficient (Wildman–Crippen LogP) is 4.83. The summed E-state index contributed by atoms with van der Waals surface area (Å²) in [5.41, 5.74) is 2.15. The molecule has 1 aromatic heterocycles. The minimum Gasteiger partial charge on any atom is -0.325 e. The molecule has 0 fully saturated rings. The van der Waals surface area contributed by atoms with Crippen molar-refractivity contribution in [2.75, 3.05) is 5.88 Å². The number of rotatable bonds is 5. The van der Waals surface area contributed by atoms with Crippen LogP contribution >= 0.6 is 23.2 Å². The number of imidazole rings is 1. The summed E-state index contributed by atoms with van der Waals surface area (Å²) < 4.78 is 2.29. The molecular weight excluding hydrogens is 267 g/mol.